The molecule has 0 spiro atoms. The van der Waals surface area contributed by atoms with Gasteiger partial charge in [0.2, 0.25) is 0 Å². The minimum atomic E-state index is -0.0584. The molecule has 30 heavy (non-hydrogen) atoms. The van der Waals surface area contributed by atoms with E-state index in [1.54, 1.807) is 14.2 Å². The second-order valence-corrected chi connectivity index (χ2v) is 8.18. The Bertz CT molecular complexity index is 743. The van der Waals surface area contributed by atoms with Crippen LogP contribution in [0.1, 0.15) is 44.1 Å². The summed E-state index contributed by atoms with van der Waals surface area (Å²) in [5, 5.41) is 9.29. The summed E-state index contributed by atoms with van der Waals surface area (Å²) in [4.78, 5) is 0. The molecule has 1 aromatic rings. The average molecular weight is 419 g/mol. The van der Waals surface area contributed by atoms with Gasteiger partial charge in [0.15, 0.2) is 13.6 Å². The van der Waals surface area contributed by atoms with E-state index in [9.17, 15) is 5.11 Å². The van der Waals surface area contributed by atoms with Crippen LogP contribution in [0.2, 0.25) is 0 Å². The zero-order valence-corrected chi connectivity index (χ0v) is 18.3. The molecule has 0 saturated heterocycles. The zero-order valence-electron chi connectivity index (χ0n) is 18.3. The maximum absolute atomic E-state index is 9.29. The van der Waals surface area contributed by atoms with Crippen molar-refractivity contribution in [3.05, 3.63) is 47.7 Å². The largest absolute Gasteiger partial charge is 0.493 e. The molecule has 3 rings (SSSR count). The SMILES string of the molecule is COCOC1=CCC([C@@]2(C)COc3cc(OCOC)ccc3[C@H]2CCCCO)C=C1. The molecule has 0 radical (unpaired) electrons. The van der Waals surface area contributed by atoms with E-state index in [2.05, 4.69) is 25.1 Å². The van der Waals surface area contributed by atoms with E-state index in [-0.39, 0.29) is 25.6 Å². The van der Waals surface area contributed by atoms with E-state index in [1.165, 1.54) is 5.56 Å². The number of fused-ring (bicyclic) bond motifs is 1. The lowest BCUT2D eigenvalue weighted by Gasteiger charge is -2.47. The minimum absolute atomic E-state index is 0.0584. The van der Waals surface area contributed by atoms with Crippen LogP contribution < -0.4 is 9.47 Å². The van der Waals surface area contributed by atoms with Crippen LogP contribution in [0, 0.1) is 11.3 Å². The van der Waals surface area contributed by atoms with Crippen LogP contribution in [0.4, 0.5) is 0 Å². The highest BCUT2D eigenvalue weighted by Crippen LogP contribution is 2.53. The van der Waals surface area contributed by atoms with E-state index >= 15 is 0 Å². The summed E-state index contributed by atoms with van der Waals surface area (Å²) in [5.41, 5.74) is 1.15. The predicted octanol–water partition coefficient (Wildman–Crippen LogP) is 4.39. The van der Waals surface area contributed by atoms with Crippen LogP contribution in [-0.2, 0) is 14.2 Å². The van der Waals surface area contributed by atoms with Gasteiger partial charge >= 0.3 is 0 Å². The molecule has 2 aliphatic rings. The molecule has 166 valence electrons. The first-order valence-corrected chi connectivity index (χ1v) is 10.6. The Hall–Kier alpha value is -2.02. The third-order valence-electron chi connectivity index (χ3n) is 6.20. The van der Waals surface area contributed by atoms with Crippen LogP contribution in [0.25, 0.3) is 0 Å². The molecule has 1 heterocycles. The normalized spacial score (nSPS) is 25.3. The Balaban J connectivity index is 1.81. The number of methoxy groups -OCH3 is 2. The Morgan fingerprint density at radius 3 is 2.63 bits per heavy atom. The molecular formula is C24H34O6. The summed E-state index contributed by atoms with van der Waals surface area (Å²) in [6.07, 6.45) is 10.1. The van der Waals surface area contributed by atoms with E-state index < -0.39 is 0 Å². The Morgan fingerprint density at radius 1 is 1.13 bits per heavy atom. The van der Waals surface area contributed by atoms with Gasteiger partial charge in [0.25, 0.3) is 0 Å². The molecule has 0 amide bonds. The number of benzene rings is 1. The first kappa shape index (κ1) is 22.7. The number of unbranched alkanes of at least 4 members (excludes halogenated alkanes) is 1. The predicted molar refractivity (Wildman–Crippen MR) is 115 cm³/mol. The van der Waals surface area contributed by atoms with Gasteiger partial charge in [0.05, 0.1) is 6.61 Å². The van der Waals surface area contributed by atoms with Crippen molar-refractivity contribution in [2.24, 2.45) is 11.3 Å². The molecule has 6 heteroatoms. The number of ether oxygens (including phenoxy) is 5. The maximum atomic E-state index is 9.29. The van der Waals surface area contributed by atoms with Crippen molar-refractivity contribution in [1.82, 2.24) is 0 Å². The van der Waals surface area contributed by atoms with Gasteiger partial charge in [-0.2, -0.15) is 0 Å². The first-order chi connectivity index (χ1) is 14.6. The van der Waals surface area contributed by atoms with Gasteiger partial charge in [-0.3, -0.25) is 0 Å². The number of rotatable bonds is 11. The van der Waals surface area contributed by atoms with Crippen LogP contribution in [0.15, 0.2) is 42.2 Å². The molecule has 0 aromatic heterocycles. The molecule has 1 aliphatic heterocycles. The molecule has 1 aromatic carbocycles. The lowest BCUT2D eigenvalue weighted by Crippen LogP contribution is -2.42. The molecule has 0 saturated carbocycles. The van der Waals surface area contributed by atoms with Crippen LogP contribution in [0.5, 0.6) is 11.5 Å². The lowest BCUT2D eigenvalue weighted by atomic mass is 9.61. The van der Waals surface area contributed by atoms with Crippen LogP contribution >= 0.6 is 0 Å². The number of allylic oxidation sites excluding steroid dienone is 3. The fourth-order valence-electron chi connectivity index (χ4n) is 4.47. The van der Waals surface area contributed by atoms with Crippen molar-refractivity contribution in [3.63, 3.8) is 0 Å². The number of aliphatic hydroxyl groups is 1. The van der Waals surface area contributed by atoms with Gasteiger partial charge in [-0.25, -0.2) is 0 Å². The Kier molecular flexibility index (Phi) is 8.19. The van der Waals surface area contributed by atoms with Crippen molar-refractivity contribution in [2.45, 2.75) is 38.5 Å². The number of aliphatic hydroxyl groups excluding tert-OH is 1. The molecule has 1 aliphatic carbocycles. The standard InChI is InChI=1S/C24H34O6/c1-24(18-7-9-19(10-8-18)29-16-26-2)15-28-23-14-20(30-17-27-3)11-12-21(23)22(24)6-4-5-13-25/h7,9-12,14,18,22,25H,4-6,8,13,15-17H2,1-3H3/t18?,22-,24-/m1/s1. The Labute approximate surface area is 179 Å². The van der Waals surface area contributed by atoms with Crippen molar-refractivity contribution < 1.29 is 28.8 Å². The third kappa shape index (κ3) is 5.17. The summed E-state index contributed by atoms with van der Waals surface area (Å²) in [6, 6.07) is 6.07. The number of hydrogen-bond acceptors (Lipinski definition) is 6. The van der Waals surface area contributed by atoms with Gasteiger partial charge < -0.3 is 28.8 Å². The third-order valence-corrected chi connectivity index (χ3v) is 6.20. The van der Waals surface area contributed by atoms with Gasteiger partial charge in [-0.1, -0.05) is 25.5 Å². The van der Waals surface area contributed by atoms with Crippen LogP contribution in [0.3, 0.4) is 0 Å². The van der Waals surface area contributed by atoms with E-state index in [0.717, 1.165) is 42.9 Å². The second kappa shape index (κ2) is 10.8. The topological polar surface area (TPSA) is 66.4 Å². The highest BCUT2D eigenvalue weighted by molar-refractivity contribution is 5.45. The van der Waals surface area contributed by atoms with Gasteiger partial charge in [0.1, 0.15) is 17.3 Å². The Morgan fingerprint density at radius 2 is 1.93 bits per heavy atom. The molecule has 0 bridgehead atoms. The molecule has 0 fully saturated rings. The summed E-state index contributed by atoms with van der Waals surface area (Å²) in [7, 11) is 3.23. The summed E-state index contributed by atoms with van der Waals surface area (Å²) in [5.74, 6) is 3.15. The molecule has 6 nitrogen and oxygen atoms in total. The van der Waals surface area contributed by atoms with Crippen molar-refractivity contribution in [2.75, 3.05) is 41.0 Å². The minimum Gasteiger partial charge on any atom is -0.493 e. The van der Waals surface area contributed by atoms with E-state index in [4.69, 9.17) is 23.7 Å². The smallest absolute Gasteiger partial charge is 0.188 e. The van der Waals surface area contributed by atoms with Gasteiger partial charge in [-0.05, 0) is 54.9 Å². The fraction of sp³-hybridized carbons (Fsp3) is 0.583. The number of hydrogen-bond donors (Lipinski definition) is 1. The highest BCUT2D eigenvalue weighted by atomic mass is 16.7. The monoisotopic (exact) mass is 418 g/mol. The van der Waals surface area contributed by atoms with E-state index in [1.807, 2.05) is 18.2 Å². The zero-order chi connectivity index (χ0) is 21.4. The first-order valence-electron chi connectivity index (χ1n) is 10.6. The van der Waals surface area contributed by atoms with Crippen molar-refractivity contribution in [3.8, 4) is 11.5 Å². The second-order valence-electron chi connectivity index (χ2n) is 8.18. The highest BCUT2D eigenvalue weighted by Gasteiger charge is 2.45. The lowest BCUT2D eigenvalue weighted by molar-refractivity contribution is 0.00769. The van der Waals surface area contributed by atoms with E-state index in [0.29, 0.717) is 18.4 Å². The van der Waals surface area contributed by atoms with Crippen molar-refractivity contribution in [1.29, 1.82) is 0 Å². The van der Waals surface area contributed by atoms with Gasteiger partial charge in [-0.15, -0.1) is 0 Å². The molecule has 3 atom stereocenters. The van der Waals surface area contributed by atoms with Crippen molar-refractivity contribution >= 4 is 0 Å². The molecule has 1 N–H and O–H groups in total. The quantitative estimate of drug-likeness (QED) is 0.425. The molecule has 1 unspecified atom stereocenters. The maximum Gasteiger partial charge on any atom is 0.188 e. The van der Waals surface area contributed by atoms with Crippen LogP contribution in [-0.4, -0.2) is 46.1 Å². The fourth-order valence-corrected chi connectivity index (χ4v) is 4.47. The summed E-state index contributed by atoms with van der Waals surface area (Å²) in [6.45, 7) is 3.64. The summed E-state index contributed by atoms with van der Waals surface area (Å²) >= 11 is 0. The molecular weight excluding hydrogens is 384 g/mol. The average Bonchev–Trinajstić information content (AvgIpc) is 2.78. The van der Waals surface area contributed by atoms with Gasteiger partial charge in [0, 0.05) is 32.3 Å². The summed E-state index contributed by atoms with van der Waals surface area (Å²) < 4.78 is 27.4.